The highest BCUT2D eigenvalue weighted by atomic mass is 35.5. The van der Waals surface area contributed by atoms with E-state index in [2.05, 4.69) is 19.9 Å². The molecular weight excluding hydrogens is 468 g/mol. The minimum atomic E-state index is -2.87. The van der Waals surface area contributed by atoms with Gasteiger partial charge in [0.05, 0.1) is 5.69 Å². The Hall–Kier alpha value is -2.69. The molecule has 0 saturated heterocycles. The second-order valence-corrected chi connectivity index (χ2v) is 8.35. The second kappa shape index (κ2) is 10.1. The van der Waals surface area contributed by atoms with Crippen molar-refractivity contribution in [2.24, 2.45) is 0 Å². The van der Waals surface area contributed by atoms with Crippen molar-refractivity contribution in [3.05, 3.63) is 69.6 Å². The van der Waals surface area contributed by atoms with Crippen molar-refractivity contribution in [2.75, 3.05) is 0 Å². The van der Waals surface area contributed by atoms with Gasteiger partial charge < -0.3 is 13.9 Å². The maximum absolute atomic E-state index is 12.2. The van der Waals surface area contributed by atoms with Crippen LogP contribution in [0.1, 0.15) is 10.7 Å². The molecule has 0 radical (unpaired) electrons. The number of nitrogens with zero attached hydrogens (tertiary/aromatic N) is 3. The zero-order valence-corrected chi connectivity index (χ0v) is 18.1. The number of rotatable bonds is 9. The lowest BCUT2D eigenvalue weighted by Gasteiger charge is -2.03. The van der Waals surface area contributed by atoms with Crippen molar-refractivity contribution in [1.82, 2.24) is 15.2 Å². The fraction of sp³-hybridized carbons (Fsp3) is 0.150. The van der Waals surface area contributed by atoms with Gasteiger partial charge in [-0.1, -0.05) is 23.4 Å². The fourth-order valence-corrected chi connectivity index (χ4v) is 4.05. The molecule has 0 fully saturated rings. The molecule has 0 amide bonds. The number of thiazole rings is 1. The van der Waals surface area contributed by atoms with Gasteiger partial charge in [0.1, 0.15) is 23.1 Å². The lowest BCUT2D eigenvalue weighted by molar-refractivity contribution is -0.0498. The SMILES string of the molecule is FC(F)Oc1ccc(-c2nnc(SCc3csc(COc4ccc(Cl)cc4)n3)o2)cc1. The molecule has 0 spiro atoms. The van der Waals surface area contributed by atoms with Crippen molar-refractivity contribution < 1.29 is 22.7 Å². The van der Waals surface area contributed by atoms with Gasteiger partial charge >= 0.3 is 6.61 Å². The summed E-state index contributed by atoms with van der Waals surface area (Å²) in [5, 5.41) is 11.8. The first-order valence-electron chi connectivity index (χ1n) is 8.88. The lowest BCUT2D eigenvalue weighted by Crippen LogP contribution is -2.01. The summed E-state index contributed by atoms with van der Waals surface area (Å²) in [6.07, 6.45) is 0. The molecule has 160 valence electrons. The maximum atomic E-state index is 12.2. The average Bonchev–Trinajstić information content (AvgIpc) is 3.41. The van der Waals surface area contributed by atoms with Crippen LogP contribution < -0.4 is 9.47 Å². The third-order valence-electron chi connectivity index (χ3n) is 3.85. The molecule has 0 unspecified atom stereocenters. The highest BCUT2D eigenvalue weighted by Crippen LogP contribution is 2.28. The van der Waals surface area contributed by atoms with E-state index in [9.17, 15) is 8.78 Å². The Bertz CT molecular complexity index is 1120. The number of hydrogen-bond acceptors (Lipinski definition) is 8. The van der Waals surface area contributed by atoms with Crippen molar-refractivity contribution >= 4 is 34.7 Å². The van der Waals surface area contributed by atoms with Crippen LogP contribution in [-0.2, 0) is 12.4 Å². The predicted octanol–water partition coefficient (Wildman–Crippen LogP) is 6.32. The Morgan fingerprint density at radius 1 is 1.03 bits per heavy atom. The third kappa shape index (κ3) is 6.16. The smallest absolute Gasteiger partial charge is 0.387 e. The standard InChI is InChI=1S/C20H14ClF2N3O3S2/c21-13-3-7-15(8-4-13)27-9-17-24-14(10-30-17)11-31-20-26-25-18(29-20)12-1-5-16(6-2-12)28-19(22)23/h1-8,10,19H,9,11H2. The predicted molar refractivity (Wildman–Crippen MR) is 114 cm³/mol. The van der Waals surface area contributed by atoms with Crippen molar-refractivity contribution in [3.8, 4) is 23.0 Å². The van der Waals surface area contributed by atoms with E-state index >= 15 is 0 Å². The van der Waals surface area contributed by atoms with Crippen molar-refractivity contribution in [2.45, 2.75) is 24.2 Å². The van der Waals surface area contributed by atoms with Crippen LogP contribution in [0, 0.1) is 0 Å². The molecule has 31 heavy (non-hydrogen) atoms. The van der Waals surface area contributed by atoms with E-state index in [1.807, 2.05) is 5.38 Å². The number of ether oxygens (including phenoxy) is 2. The van der Waals surface area contributed by atoms with E-state index in [0.29, 0.717) is 34.1 Å². The summed E-state index contributed by atoms with van der Waals surface area (Å²) in [4.78, 5) is 4.54. The average molecular weight is 482 g/mol. The molecule has 2 aromatic carbocycles. The molecule has 0 aliphatic carbocycles. The number of benzene rings is 2. The van der Waals surface area contributed by atoms with Gasteiger partial charge in [-0.2, -0.15) is 8.78 Å². The largest absolute Gasteiger partial charge is 0.486 e. The molecule has 4 aromatic rings. The van der Waals surface area contributed by atoms with Gasteiger partial charge in [-0.15, -0.1) is 21.5 Å². The van der Waals surface area contributed by atoms with Gasteiger partial charge in [-0.25, -0.2) is 4.98 Å². The van der Waals surface area contributed by atoms with Crippen LogP contribution in [0.5, 0.6) is 11.5 Å². The second-order valence-electron chi connectivity index (χ2n) is 6.04. The molecule has 2 heterocycles. The third-order valence-corrected chi connectivity index (χ3v) is 5.83. The van der Waals surface area contributed by atoms with Crippen LogP contribution in [0.2, 0.25) is 5.02 Å². The fourth-order valence-electron chi connectivity index (χ4n) is 2.46. The number of hydrogen-bond donors (Lipinski definition) is 0. The summed E-state index contributed by atoms with van der Waals surface area (Å²) in [5.41, 5.74) is 1.48. The van der Waals surface area contributed by atoms with Crippen LogP contribution in [0.3, 0.4) is 0 Å². The summed E-state index contributed by atoms with van der Waals surface area (Å²) >= 11 is 8.72. The topological polar surface area (TPSA) is 70.3 Å². The normalized spacial score (nSPS) is 11.1. The quantitative estimate of drug-likeness (QED) is 0.259. The molecule has 0 aliphatic rings. The molecule has 4 rings (SSSR count). The summed E-state index contributed by atoms with van der Waals surface area (Å²) in [6.45, 7) is -2.50. The van der Waals surface area contributed by atoms with Crippen molar-refractivity contribution in [3.63, 3.8) is 0 Å². The molecule has 0 N–H and O–H groups in total. The lowest BCUT2D eigenvalue weighted by atomic mass is 10.2. The first-order valence-corrected chi connectivity index (χ1v) is 11.1. The summed E-state index contributed by atoms with van der Waals surface area (Å²) in [6, 6.07) is 13.1. The van der Waals surface area contributed by atoms with Gasteiger partial charge in [-0.05, 0) is 48.5 Å². The minimum Gasteiger partial charge on any atom is -0.486 e. The zero-order valence-electron chi connectivity index (χ0n) is 15.7. The van der Waals surface area contributed by atoms with E-state index in [4.69, 9.17) is 20.8 Å². The van der Waals surface area contributed by atoms with Crippen LogP contribution in [0.25, 0.3) is 11.5 Å². The first kappa shape index (κ1) is 21.5. The molecular formula is C20H14ClF2N3O3S2. The number of thioether (sulfide) groups is 1. The van der Waals surface area contributed by atoms with Gasteiger partial charge in [0, 0.05) is 21.7 Å². The molecule has 6 nitrogen and oxygen atoms in total. The van der Waals surface area contributed by atoms with Gasteiger partial charge in [0.2, 0.25) is 5.89 Å². The van der Waals surface area contributed by atoms with Crippen LogP contribution in [0.4, 0.5) is 8.78 Å². The zero-order chi connectivity index (χ0) is 21.6. The summed E-state index contributed by atoms with van der Waals surface area (Å²) < 4.78 is 40.1. The Labute approximate surface area is 189 Å². The van der Waals surface area contributed by atoms with Gasteiger partial charge in [0.15, 0.2) is 0 Å². The van der Waals surface area contributed by atoms with E-state index < -0.39 is 6.61 Å². The monoisotopic (exact) mass is 481 g/mol. The van der Waals surface area contributed by atoms with E-state index in [1.165, 1.54) is 35.2 Å². The highest BCUT2D eigenvalue weighted by Gasteiger charge is 2.12. The number of alkyl halides is 2. The van der Waals surface area contributed by atoms with Crippen LogP contribution in [0.15, 0.2) is 63.6 Å². The number of halogens is 3. The van der Waals surface area contributed by atoms with Gasteiger partial charge in [0.25, 0.3) is 5.22 Å². The minimum absolute atomic E-state index is 0.0623. The molecule has 0 atom stereocenters. The molecule has 0 aliphatic heterocycles. The van der Waals surface area contributed by atoms with Crippen molar-refractivity contribution in [1.29, 1.82) is 0 Å². The molecule has 0 bridgehead atoms. The summed E-state index contributed by atoms with van der Waals surface area (Å²) in [7, 11) is 0. The molecule has 0 saturated carbocycles. The van der Waals surface area contributed by atoms with Crippen LogP contribution in [-0.4, -0.2) is 21.8 Å². The highest BCUT2D eigenvalue weighted by molar-refractivity contribution is 7.98. The Morgan fingerprint density at radius 2 is 1.77 bits per heavy atom. The first-order chi connectivity index (χ1) is 15.0. The molecule has 2 aromatic heterocycles. The number of aromatic nitrogens is 3. The Balaban J connectivity index is 1.29. The van der Waals surface area contributed by atoms with E-state index in [-0.39, 0.29) is 5.75 Å². The van der Waals surface area contributed by atoms with Gasteiger partial charge in [-0.3, -0.25) is 0 Å². The Kier molecular flexibility index (Phi) is 7.00. The van der Waals surface area contributed by atoms with Crippen LogP contribution >= 0.6 is 34.7 Å². The summed E-state index contributed by atoms with van der Waals surface area (Å²) in [5.74, 6) is 1.64. The van der Waals surface area contributed by atoms with E-state index in [1.54, 1.807) is 36.4 Å². The molecule has 11 heteroatoms. The van der Waals surface area contributed by atoms with E-state index in [0.717, 1.165) is 16.5 Å². The Morgan fingerprint density at radius 3 is 2.52 bits per heavy atom. The maximum Gasteiger partial charge on any atom is 0.387 e.